The zero-order valence-corrected chi connectivity index (χ0v) is 16.9. The zero-order valence-electron chi connectivity index (χ0n) is 16.1. The summed E-state index contributed by atoms with van der Waals surface area (Å²) < 4.78 is 23.1. The number of sulfone groups is 1. The highest BCUT2D eigenvalue weighted by Crippen LogP contribution is 2.40. The average molecular weight is 408 g/mol. The van der Waals surface area contributed by atoms with Gasteiger partial charge in [0, 0.05) is 34.8 Å². The second-order valence-corrected chi connectivity index (χ2v) is 9.07. The molecular weight excluding hydrogens is 388 g/mol. The van der Waals surface area contributed by atoms with Gasteiger partial charge in [-0.25, -0.2) is 8.42 Å². The highest BCUT2D eigenvalue weighted by atomic mass is 32.2. The maximum Gasteiger partial charge on any atom is 0.258 e. The van der Waals surface area contributed by atoms with E-state index in [2.05, 4.69) is 5.32 Å². The van der Waals surface area contributed by atoms with Crippen LogP contribution in [-0.2, 0) is 21.1 Å². The molecule has 1 aliphatic rings. The lowest BCUT2D eigenvalue weighted by Crippen LogP contribution is -2.25. The molecule has 29 heavy (non-hydrogen) atoms. The molecule has 1 aliphatic heterocycles. The van der Waals surface area contributed by atoms with E-state index in [0.29, 0.717) is 23.4 Å². The van der Waals surface area contributed by atoms with Crippen molar-refractivity contribution in [2.45, 2.75) is 18.2 Å². The molecule has 0 spiro atoms. The number of benzene rings is 3. The zero-order chi connectivity index (χ0) is 20.8. The topological polar surface area (TPSA) is 83.6 Å². The summed E-state index contributed by atoms with van der Waals surface area (Å²) >= 11 is 0. The molecule has 4 rings (SSSR count). The number of nitrogens with one attached hydrogen (secondary N) is 1. The summed E-state index contributed by atoms with van der Waals surface area (Å²) in [5, 5.41) is 4.60. The van der Waals surface area contributed by atoms with Crippen LogP contribution >= 0.6 is 0 Å². The second kappa shape index (κ2) is 7.00. The molecule has 148 valence electrons. The minimum Gasteiger partial charge on any atom is -0.325 e. The van der Waals surface area contributed by atoms with Crippen molar-refractivity contribution >= 4 is 43.8 Å². The van der Waals surface area contributed by atoms with Gasteiger partial charge in [-0.15, -0.1) is 0 Å². The van der Waals surface area contributed by atoms with Crippen LogP contribution in [0.15, 0.2) is 59.5 Å². The molecule has 7 heteroatoms. The Kier molecular flexibility index (Phi) is 4.62. The molecule has 0 saturated carbocycles. The standard InChI is InChI=1S/C22H20N2O4S/c1-3-24-19-12-11-18(16-5-4-6-17(21(16)19)22(24)26)23-20(25)13-14-7-9-15(10-8-14)29(2,27)28/h4-12H,3,13H2,1-2H3,(H,23,25). The first-order valence-corrected chi connectivity index (χ1v) is 11.1. The van der Waals surface area contributed by atoms with Crippen LogP contribution in [0.5, 0.6) is 0 Å². The van der Waals surface area contributed by atoms with Crippen molar-refractivity contribution in [3.63, 3.8) is 0 Å². The lowest BCUT2D eigenvalue weighted by atomic mass is 10.0. The largest absolute Gasteiger partial charge is 0.325 e. The summed E-state index contributed by atoms with van der Waals surface area (Å²) in [6, 6.07) is 15.5. The molecule has 0 radical (unpaired) electrons. The summed E-state index contributed by atoms with van der Waals surface area (Å²) in [5.74, 6) is -0.239. The molecule has 2 amide bonds. The van der Waals surface area contributed by atoms with Crippen molar-refractivity contribution in [3.05, 3.63) is 65.7 Å². The van der Waals surface area contributed by atoms with Gasteiger partial charge in [0.05, 0.1) is 17.0 Å². The molecule has 0 aromatic heterocycles. The maximum absolute atomic E-state index is 12.6. The van der Waals surface area contributed by atoms with Gasteiger partial charge in [-0.05, 0) is 42.8 Å². The number of hydrogen-bond acceptors (Lipinski definition) is 4. The first-order valence-electron chi connectivity index (χ1n) is 9.26. The fourth-order valence-electron chi connectivity index (χ4n) is 3.70. The Bertz CT molecular complexity index is 1250. The summed E-state index contributed by atoms with van der Waals surface area (Å²) in [4.78, 5) is 27.1. The van der Waals surface area contributed by atoms with Crippen LogP contribution in [0, 0.1) is 0 Å². The Morgan fingerprint density at radius 2 is 1.76 bits per heavy atom. The Hall–Kier alpha value is -3.19. The van der Waals surface area contributed by atoms with E-state index < -0.39 is 9.84 Å². The molecule has 3 aromatic rings. The number of carbonyl (C=O) groups excluding carboxylic acids is 2. The highest BCUT2D eigenvalue weighted by Gasteiger charge is 2.29. The molecule has 0 bridgehead atoms. The fourth-order valence-corrected chi connectivity index (χ4v) is 4.33. The number of rotatable bonds is 5. The maximum atomic E-state index is 12.6. The predicted octanol–water partition coefficient (Wildman–Crippen LogP) is 3.40. The summed E-state index contributed by atoms with van der Waals surface area (Å²) in [6.07, 6.45) is 1.27. The van der Waals surface area contributed by atoms with Gasteiger partial charge >= 0.3 is 0 Å². The average Bonchev–Trinajstić information content (AvgIpc) is 2.96. The smallest absolute Gasteiger partial charge is 0.258 e. The minimum atomic E-state index is -3.27. The van der Waals surface area contributed by atoms with E-state index in [9.17, 15) is 18.0 Å². The van der Waals surface area contributed by atoms with Crippen molar-refractivity contribution < 1.29 is 18.0 Å². The quantitative estimate of drug-likeness (QED) is 0.701. The number of anilines is 2. The van der Waals surface area contributed by atoms with Crippen LogP contribution in [0.1, 0.15) is 22.8 Å². The minimum absolute atomic E-state index is 0.0254. The molecule has 0 atom stereocenters. The SMILES string of the molecule is CCN1C(=O)c2cccc3c(NC(=O)Cc4ccc(S(C)(=O)=O)cc4)ccc1c23. The monoisotopic (exact) mass is 408 g/mol. The van der Waals surface area contributed by atoms with Gasteiger partial charge in [0.15, 0.2) is 9.84 Å². The van der Waals surface area contributed by atoms with Crippen LogP contribution in [0.4, 0.5) is 11.4 Å². The van der Waals surface area contributed by atoms with Gasteiger partial charge in [0.1, 0.15) is 0 Å². The molecule has 6 nitrogen and oxygen atoms in total. The number of hydrogen-bond donors (Lipinski definition) is 1. The normalized spacial score (nSPS) is 13.2. The second-order valence-electron chi connectivity index (χ2n) is 7.05. The molecule has 3 aromatic carbocycles. The van der Waals surface area contributed by atoms with Crippen molar-refractivity contribution in [2.75, 3.05) is 23.0 Å². The molecule has 1 heterocycles. The number of carbonyl (C=O) groups is 2. The molecule has 0 saturated heterocycles. The van der Waals surface area contributed by atoms with Crippen molar-refractivity contribution in [3.8, 4) is 0 Å². The van der Waals surface area contributed by atoms with Gasteiger partial charge in [0.2, 0.25) is 5.91 Å². The molecule has 0 fully saturated rings. The van der Waals surface area contributed by atoms with E-state index in [1.807, 2.05) is 31.2 Å². The molecule has 1 N–H and O–H groups in total. The Labute approximate surface area is 169 Å². The van der Waals surface area contributed by atoms with E-state index in [4.69, 9.17) is 0 Å². The fraction of sp³-hybridized carbons (Fsp3) is 0.182. The third-order valence-corrected chi connectivity index (χ3v) is 6.22. The summed E-state index contributed by atoms with van der Waals surface area (Å²) in [5.41, 5.74) is 2.87. The van der Waals surface area contributed by atoms with Crippen LogP contribution in [-0.4, -0.2) is 33.0 Å². The van der Waals surface area contributed by atoms with E-state index >= 15 is 0 Å². The van der Waals surface area contributed by atoms with Gasteiger partial charge in [0.25, 0.3) is 5.91 Å². The van der Waals surface area contributed by atoms with Gasteiger partial charge in [-0.3, -0.25) is 9.59 Å². The summed E-state index contributed by atoms with van der Waals surface area (Å²) in [6.45, 7) is 2.51. The Morgan fingerprint density at radius 1 is 1.03 bits per heavy atom. The number of amides is 2. The van der Waals surface area contributed by atoms with E-state index in [1.54, 1.807) is 23.1 Å². The number of nitrogens with zero attached hydrogens (tertiary/aromatic N) is 1. The van der Waals surface area contributed by atoms with Crippen LogP contribution in [0.25, 0.3) is 10.8 Å². The third-order valence-electron chi connectivity index (χ3n) is 5.09. The van der Waals surface area contributed by atoms with Crippen LogP contribution in [0.3, 0.4) is 0 Å². The van der Waals surface area contributed by atoms with E-state index in [1.165, 1.54) is 12.1 Å². The first-order chi connectivity index (χ1) is 13.8. The lowest BCUT2D eigenvalue weighted by molar-refractivity contribution is -0.115. The molecule has 0 aliphatic carbocycles. The lowest BCUT2D eigenvalue weighted by Gasteiger charge is -2.15. The first kappa shape index (κ1) is 19.1. The van der Waals surface area contributed by atoms with Crippen LogP contribution < -0.4 is 10.2 Å². The molecular formula is C22H20N2O4S. The highest BCUT2D eigenvalue weighted by molar-refractivity contribution is 7.90. The van der Waals surface area contributed by atoms with Crippen molar-refractivity contribution in [1.82, 2.24) is 0 Å². The third kappa shape index (κ3) is 3.38. The van der Waals surface area contributed by atoms with Gasteiger partial charge < -0.3 is 10.2 Å². The Morgan fingerprint density at radius 3 is 2.41 bits per heavy atom. The van der Waals surface area contributed by atoms with E-state index in [-0.39, 0.29) is 23.1 Å². The van der Waals surface area contributed by atoms with Gasteiger partial charge in [-0.1, -0.05) is 24.3 Å². The molecule has 0 unspecified atom stereocenters. The Balaban J connectivity index is 1.60. The summed E-state index contributed by atoms with van der Waals surface area (Å²) in [7, 11) is -3.27. The van der Waals surface area contributed by atoms with E-state index in [0.717, 1.165) is 22.7 Å². The van der Waals surface area contributed by atoms with Crippen molar-refractivity contribution in [1.29, 1.82) is 0 Å². The van der Waals surface area contributed by atoms with Crippen LogP contribution in [0.2, 0.25) is 0 Å². The predicted molar refractivity (Wildman–Crippen MR) is 113 cm³/mol. The van der Waals surface area contributed by atoms with Gasteiger partial charge in [-0.2, -0.15) is 0 Å². The van der Waals surface area contributed by atoms with Crippen molar-refractivity contribution in [2.24, 2.45) is 0 Å².